The van der Waals surface area contributed by atoms with Crippen LogP contribution in [0.15, 0.2) is 18.2 Å². The third kappa shape index (κ3) is 4.94. The van der Waals surface area contributed by atoms with Crippen molar-refractivity contribution in [1.29, 1.82) is 0 Å². The molecule has 1 N–H and O–H groups in total. The van der Waals surface area contributed by atoms with Crippen molar-refractivity contribution in [2.24, 2.45) is 0 Å². The lowest BCUT2D eigenvalue weighted by molar-refractivity contribution is 0.178. The van der Waals surface area contributed by atoms with E-state index in [2.05, 4.69) is 11.9 Å². The second-order valence-electron chi connectivity index (χ2n) is 4.32. The molecule has 0 fully saturated rings. The van der Waals surface area contributed by atoms with Gasteiger partial charge in [-0.2, -0.15) is 0 Å². The summed E-state index contributed by atoms with van der Waals surface area (Å²) in [7, 11) is 3.79. The fourth-order valence-electron chi connectivity index (χ4n) is 1.80. The van der Waals surface area contributed by atoms with Gasteiger partial charge in [0.2, 0.25) is 0 Å². The third-order valence-corrected chi connectivity index (χ3v) is 2.66. The number of rotatable bonds is 8. The van der Waals surface area contributed by atoms with Crippen molar-refractivity contribution in [1.82, 2.24) is 4.90 Å². The zero-order chi connectivity index (χ0) is 13.4. The topological polar surface area (TPSA) is 41.9 Å². The summed E-state index contributed by atoms with van der Waals surface area (Å²) in [5, 5.41) is 9.62. The SMILES string of the molecule is CCOc1cc(CN(C)CCCOC)ccc1O. The number of aromatic hydroxyl groups is 1. The Morgan fingerprint density at radius 1 is 1.33 bits per heavy atom. The van der Waals surface area contributed by atoms with Gasteiger partial charge in [-0.15, -0.1) is 0 Å². The quantitative estimate of drug-likeness (QED) is 0.722. The second kappa shape index (κ2) is 7.95. The van der Waals surface area contributed by atoms with Crippen molar-refractivity contribution in [3.63, 3.8) is 0 Å². The highest BCUT2D eigenvalue weighted by Crippen LogP contribution is 2.27. The third-order valence-electron chi connectivity index (χ3n) is 2.66. The number of hydrogen-bond acceptors (Lipinski definition) is 4. The Balaban J connectivity index is 2.53. The minimum Gasteiger partial charge on any atom is -0.504 e. The molecule has 1 aromatic rings. The molecule has 0 radical (unpaired) electrons. The number of phenolic OH excluding ortho intramolecular Hbond substituents is 1. The first-order valence-electron chi connectivity index (χ1n) is 6.29. The first kappa shape index (κ1) is 14.8. The van der Waals surface area contributed by atoms with Crippen LogP contribution in [0, 0.1) is 0 Å². The largest absolute Gasteiger partial charge is 0.504 e. The summed E-state index contributed by atoms with van der Waals surface area (Å²) < 4.78 is 10.4. The number of hydrogen-bond donors (Lipinski definition) is 1. The van der Waals surface area contributed by atoms with Gasteiger partial charge in [-0.05, 0) is 38.1 Å². The molecule has 0 aliphatic carbocycles. The van der Waals surface area contributed by atoms with Crippen LogP contribution in [0.4, 0.5) is 0 Å². The van der Waals surface area contributed by atoms with Crippen molar-refractivity contribution < 1.29 is 14.6 Å². The molecule has 0 spiro atoms. The maximum Gasteiger partial charge on any atom is 0.161 e. The summed E-state index contributed by atoms with van der Waals surface area (Å²) in [4.78, 5) is 2.22. The number of methoxy groups -OCH3 is 1. The minimum atomic E-state index is 0.197. The van der Waals surface area contributed by atoms with Crippen LogP contribution in [0.25, 0.3) is 0 Å². The lowest BCUT2D eigenvalue weighted by Gasteiger charge is -2.17. The molecule has 0 aliphatic heterocycles. The molecule has 0 heterocycles. The van der Waals surface area contributed by atoms with E-state index in [-0.39, 0.29) is 5.75 Å². The zero-order valence-electron chi connectivity index (χ0n) is 11.5. The van der Waals surface area contributed by atoms with Crippen LogP contribution in [-0.4, -0.2) is 43.9 Å². The molecule has 0 saturated carbocycles. The molecule has 0 amide bonds. The Morgan fingerprint density at radius 2 is 2.11 bits per heavy atom. The molecule has 0 aromatic heterocycles. The average Bonchev–Trinajstić information content (AvgIpc) is 2.34. The molecule has 18 heavy (non-hydrogen) atoms. The van der Waals surface area contributed by atoms with Crippen LogP contribution in [0.5, 0.6) is 11.5 Å². The molecule has 4 nitrogen and oxygen atoms in total. The van der Waals surface area contributed by atoms with E-state index in [0.29, 0.717) is 12.4 Å². The molecule has 0 unspecified atom stereocenters. The molecule has 0 saturated heterocycles. The maximum absolute atomic E-state index is 9.62. The van der Waals surface area contributed by atoms with Crippen molar-refractivity contribution in [2.75, 3.05) is 33.9 Å². The minimum absolute atomic E-state index is 0.197. The van der Waals surface area contributed by atoms with E-state index in [0.717, 1.165) is 31.7 Å². The monoisotopic (exact) mass is 253 g/mol. The van der Waals surface area contributed by atoms with Crippen LogP contribution < -0.4 is 4.74 Å². The summed E-state index contributed by atoms with van der Waals surface area (Å²) in [6.45, 7) is 5.07. The first-order chi connectivity index (χ1) is 8.67. The zero-order valence-corrected chi connectivity index (χ0v) is 11.5. The van der Waals surface area contributed by atoms with Crippen LogP contribution in [0.1, 0.15) is 18.9 Å². The van der Waals surface area contributed by atoms with E-state index in [1.165, 1.54) is 0 Å². The van der Waals surface area contributed by atoms with Crippen molar-refractivity contribution >= 4 is 0 Å². The van der Waals surface area contributed by atoms with Crippen LogP contribution in [0.3, 0.4) is 0 Å². The van der Waals surface area contributed by atoms with E-state index in [1.807, 2.05) is 19.1 Å². The highest BCUT2D eigenvalue weighted by molar-refractivity contribution is 5.41. The molecule has 1 rings (SSSR count). The van der Waals surface area contributed by atoms with Crippen molar-refractivity contribution in [2.45, 2.75) is 19.9 Å². The predicted octanol–water partition coefficient (Wildman–Crippen LogP) is 2.26. The van der Waals surface area contributed by atoms with E-state index in [9.17, 15) is 5.11 Å². The van der Waals surface area contributed by atoms with Crippen LogP contribution >= 0.6 is 0 Å². The molecular formula is C14H23NO3. The highest BCUT2D eigenvalue weighted by Gasteiger charge is 2.05. The first-order valence-corrected chi connectivity index (χ1v) is 6.29. The van der Waals surface area contributed by atoms with E-state index < -0.39 is 0 Å². The second-order valence-corrected chi connectivity index (χ2v) is 4.32. The fraction of sp³-hybridized carbons (Fsp3) is 0.571. The van der Waals surface area contributed by atoms with E-state index in [4.69, 9.17) is 9.47 Å². The van der Waals surface area contributed by atoms with Crippen molar-refractivity contribution in [3.05, 3.63) is 23.8 Å². The fourth-order valence-corrected chi connectivity index (χ4v) is 1.80. The predicted molar refractivity (Wildman–Crippen MR) is 72.1 cm³/mol. The summed E-state index contributed by atoms with van der Waals surface area (Å²) in [6, 6.07) is 5.50. The Hall–Kier alpha value is -1.26. The van der Waals surface area contributed by atoms with Gasteiger partial charge in [-0.1, -0.05) is 6.07 Å². The van der Waals surface area contributed by atoms with Gasteiger partial charge in [0.1, 0.15) is 0 Å². The van der Waals surface area contributed by atoms with Crippen molar-refractivity contribution in [3.8, 4) is 11.5 Å². The normalized spacial score (nSPS) is 10.9. The summed E-state index contributed by atoms with van der Waals surface area (Å²) in [5.74, 6) is 0.753. The van der Waals surface area contributed by atoms with Gasteiger partial charge in [0.25, 0.3) is 0 Å². The number of nitrogens with zero attached hydrogens (tertiary/aromatic N) is 1. The van der Waals surface area contributed by atoms with Crippen LogP contribution in [-0.2, 0) is 11.3 Å². The van der Waals surface area contributed by atoms with Gasteiger partial charge in [-0.25, -0.2) is 0 Å². The number of benzene rings is 1. The Morgan fingerprint density at radius 3 is 2.78 bits per heavy atom. The van der Waals surface area contributed by atoms with Crippen LogP contribution in [0.2, 0.25) is 0 Å². The molecular weight excluding hydrogens is 230 g/mol. The molecule has 0 atom stereocenters. The molecule has 0 bridgehead atoms. The van der Waals surface area contributed by atoms with Gasteiger partial charge in [0.05, 0.1) is 6.61 Å². The Kier molecular flexibility index (Phi) is 6.54. The standard InChI is InChI=1S/C14H23NO3/c1-4-18-14-10-12(6-7-13(14)16)11-15(2)8-5-9-17-3/h6-7,10,16H,4-5,8-9,11H2,1-3H3. The van der Waals surface area contributed by atoms with E-state index in [1.54, 1.807) is 13.2 Å². The molecule has 102 valence electrons. The Bertz CT molecular complexity index is 355. The lowest BCUT2D eigenvalue weighted by atomic mass is 10.2. The Labute approximate surface area is 109 Å². The molecule has 1 aromatic carbocycles. The van der Waals surface area contributed by atoms with Gasteiger partial charge in [0, 0.05) is 26.8 Å². The average molecular weight is 253 g/mol. The van der Waals surface area contributed by atoms with Gasteiger partial charge < -0.3 is 19.5 Å². The molecule has 0 aliphatic rings. The summed E-state index contributed by atoms with van der Waals surface area (Å²) in [6.07, 6.45) is 1.02. The highest BCUT2D eigenvalue weighted by atomic mass is 16.5. The van der Waals surface area contributed by atoms with Gasteiger partial charge in [-0.3, -0.25) is 0 Å². The molecule has 4 heteroatoms. The maximum atomic E-state index is 9.62. The number of ether oxygens (including phenoxy) is 2. The summed E-state index contributed by atoms with van der Waals surface area (Å²) in [5.41, 5.74) is 1.14. The smallest absolute Gasteiger partial charge is 0.161 e. The van der Waals surface area contributed by atoms with E-state index >= 15 is 0 Å². The summed E-state index contributed by atoms with van der Waals surface area (Å²) >= 11 is 0. The number of phenols is 1. The lowest BCUT2D eigenvalue weighted by Crippen LogP contribution is -2.20. The van der Waals surface area contributed by atoms with Gasteiger partial charge in [0.15, 0.2) is 11.5 Å². The van der Waals surface area contributed by atoms with Gasteiger partial charge >= 0.3 is 0 Å².